The van der Waals surface area contributed by atoms with Crippen LogP contribution in [0.5, 0.6) is 11.5 Å². The van der Waals surface area contributed by atoms with E-state index in [0.717, 1.165) is 0 Å². The van der Waals surface area contributed by atoms with Crippen molar-refractivity contribution in [2.45, 2.75) is 4.90 Å². The summed E-state index contributed by atoms with van der Waals surface area (Å²) in [7, 11) is 3.01. The fourth-order valence-electron chi connectivity index (χ4n) is 3.14. The second-order valence-electron chi connectivity index (χ2n) is 7.20. The Hall–Kier alpha value is -2.82. The molecule has 0 fully saturated rings. The van der Waals surface area contributed by atoms with E-state index in [4.69, 9.17) is 55.9 Å². The van der Waals surface area contributed by atoms with Crippen LogP contribution in [0, 0.1) is 0 Å². The van der Waals surface area contributed by atoms with Crippen LogP contribution in [0.15, 0.2) is 47.4 Å². The van der Waals surface area contributed by atoms with Crippen LogP contribution in [0.3, 0.4) is 0 Å². The summed E-state index contributed by atoms with van der Waals surface area (Å²) in [4.78, 5) is 37.8. The fraction of sp³-hybridized carbons (Fsp3) is 0.125. The molecule has 0 saturated heterocycles. The molecule has 3 N–H and O–H groups in total. The number of carboxylic acid groups (broad SMARTS) is 1. The lowest BCUT2D eigenvalue weighted by Crippen LogP contribution is -2.18. The Kier molecular flexibility index (Phi) is 9.80. The van der Waals surface area contributed by atoms with Gasteiger partial charge in [-0.1, -0.05) is 52.5 Å². The van der Waals surface area contributed by atoms with Gasteiger partial charge in [-0.05, 0) is 30.3 Å². The van der Waals surface area contributed by atoms with Gasteiger partial charge in [0.1, 0.15) is 11.5 Å². The van der Waals surface area contributed by atoms with Crippen molar-refractivity contribution in [3.05, 3.63) is 73.7 Å². The summed E-state index contributed by atoms with van der Waals surface area (Å²) in [5, 5.41) is 13.6. The molecule has 0 aliphatic carbocycles. The maximum atomic E-state index is 13.0. The monoisotopic (exact) mass is 602 g/mol. The van der Waals surface area contributed by atoms with E-state index in [1.165, 1.54) is 26.0 Å². The molecule has 0 bridgehead atoms. The van der Waals surface area contributed by atoms with Gasteiger partial charge in [0.25, 0.3) is 5.91 Å². The van der Waals surface area contributed by atoms with Crippen LogP contribution < -0.4 is 20.1 Å². The molecule has 37 heavy (non-hydrogen) atoms. The summed E-state index contributed by atoms with van der Waals surface area (Å²) in [5.41, 5.74) is -0.197. The molecule has 3 aromatic rings. The SMILES string of the molecule is COc1ccc(NC(=O)CSc2cccc(NC(=O)c3c(Cl)c(Cl)c(Cl)c(Cl)c3C(=O)O)c2)c(OC)c1. The Balaban J connectivity index is 1.73. The lowest BCUT2D eigenvalue weighted by molar-refractivity contribution is -0.113. The molecule has 0 saturated carbocycles. The Labute approximate surface area is 236 Å². The van der Waals surface area contributed by atoms with Crippen LogP contribution in [0.25, 0.3) is 0 Å². The average molecular weight is 604 g/mol. The minimum Gasteiger partial charge on any atom is -0.497 e. The van der Waals surface area contributed by atoms with Crippen LogP contribution in [0.4, 0.5) is 11.4 Å². The molecule has 0 aliphatic rings. The second kappa shape index (κ2) is 12.6. The van der Waals surface area contributed by atoms with E-state index in [1.54, 1.807) is 42.5 Å². The summed E-state index contributed by atoms with van der Waals surface area (Å²) >= 11 is 25.3. The van der Waals surface area contributed by atoms with Crippen LogP contribution >= 0.6 is 58.2 Å². The van der Waals surface area contributed by atoms with Gasteiger partial charge in [-0.15, -0.1) is 11.8 Å². The number of benzene rings is 3. The maximum Gasteiger partial charge on any atom is 0.338 e. The zero-order chi connectivity index (χ0) is 27.3. The zero-order valence-corrected chi connectivity index (χ0v) is 23.0. The van der Waals surface area contributed by atoms with Gasteiger partial charge in [0.15, 0.2) is 0 Å². The Bertz CT molecular complexity index is 1390. The second-order valence-corrected chi connectivity index (χ2v) is 9.76. The van der Waals surface area contributed by atoms with Crippen molar-refractivity contribution in [2.24, 2.45) is 0 Å². The van der Waals surface area contributed by atoms with Crippen molar-refractivity contribution < 1.29 is 29.0 Å². The van der Waals surface area contributed by atoms with E-state index in [9.17, 15) is 19.5 Å². The first-order chi connectivity index (χ1) is 17.6. The number of anilines is 2. The molecule has 2 amide bonds. The molecule has 0 atom stereocenters. The lowest BCUT2D eigenvalue weighted by Gasteiger charge is -2.14. The zero-order valence-electron chi connectivity index (χ0n) is 19.2. The number of methoxy groups -OCH3 is 2. The average Bonchev–Trinajstić information content (AvgIpc) is 2.88. The Morgan fingerprint density at radius 1 is 0.865 bits per heavy atom. The number of rotatable bonds is 9. The quantitative estimate of drug-likeness (QED) is 0.137. The number of halogens is 4. The smallest absolute Gasteiger partial charge is 0.338 e. The molecule has 0 unspecified atom stereocenters. The molecular weight excluding hydrogens is 586 g/mol. The van der Waals surface area contributed by atoms with Gasteiger partial charge < -0.3 is 25.2 Å². The predicted molar refractivity (Wildman–Crippen MR) is 147 cm³/mol. The molecule has 8 nitrogen and oxygen atoms in total. The number of ether oxygens (including phenoxy) is 2. The molecule has 0 radical (unpaired) electrons. The number of carbonyl (C=O) groups is 3. The largest absolute Gasteiger partial charge is 0.497 e. The Morgan fingerprint density at radius 3 is 2.16 bits per heavy atom. The van der Waals surface area contributed by atoms with Crippen molar-refractivity contribution in [1.29, 1.82) is 0 Å². The molecular formula is C24H18Cl4N2O6S. The maximum absolute atomic E-state index is 13.0. The predicted octanol–water partition coefficient (Wildman–Crippen LogP) is 7.00. The van der Waals surface area contributed by atoms with E-state index in [-0.39, 0.29) is 26.7 Å². The molecule has 13 heteroatoms. The fourth-order valence-corrected chi connectivity index (χ4v) is 4.91. The third-order valence-corrected chi connectivity index (χ3v) is 7.65. The van der Waals surface area contributed by atoms with Gasteiger partial charge >= 0.3 is 5.97 Å². The third-order valence-electron chi connectivity index (χ3n) is 4.85. The number of amides is 2. The summed E-state index contributed by atoms with van der Waals surface area (Å²) in [6.45, 7) is 0. The summed E-state index contributed by atoms with van der Waals surface area (Å²) in [5.74, 6) is -1.54. The summed E-state index contributed by atoms with van der Waals surface area (Å²) < 4.78 is 10.4. The number of thioether (sulfide) groups is 1. The van der Waals surface area contributed by atoms with Crippen molar-refractivity contribution in [3.63, 3.8) is 0 Å². The highest BCUT2D eigenvalue weighted by molar-refractivity contribution is 8.00. The van der Waals surface area contributed by atoms with Gasteiger partial charge in [-0.25, -0.2) is 4.79 Å². The molecule has 194 valence electrons. The first-order valence-electron chi connectivity index (χ1n) is 10.2. The Morgan fingerprint density at radius 2 is 1.54 bits per heavy atom. The van der Waals surface area contributed by atoms with Crippen LogP contribution in [-0.2, 0) is 4.79 Å². The highest BCUT2D eigenvalue weighted by Gasteiger charge is 2.29. The molecule has 3 rings (SSSR count). The molecule has 0 heterocycles. The third kappa shape index (κ3) is 6.74. The highest BCUT2D eigenvalue weighted by atomic mass is 35.5. The minimum atomic E-state index is -1.50. The highest BCUT2D eigenvalue weighted by Crippen LogP contribution is 2.42. The number of nitrogens with one attached hydrogen (secondary N) is 2. The number of carbonyl (C=O) groups excluding carboxylic acids is 2. The van der Waals surface area contributed by atoms with Gasteiger partial charge in [0.05, 0.1) is 56.9 Å². The van der Waals surface area contributed by atoms with Gasteiger partial charge in [-0.3, -0.25) is 9.59 Å². The normalized spacial score (nSPS) is 10.5. The molecule has 0 aliphatic heterocycles. The van der Waals surface area contributed by atoms with Crippen LogP contribution in [-0.4, -0.2) is 42.9 Å². The summed E-state index contributed by atoms with van der Waals surface area (Å²) in [6, 6.07) is 11.6. The molecule has 0 spiro atoms. The van der Waals surface area contributed by atoms with E-state index in [0.29, 0.717) is 27.8 Å². The molecule has 3 aromatic carbocycles. The first kappa shape index (κ1) is 28.7. The van der Waals surface area contributed by atoms with E-state index in [2.05, 4.69) is 10.6 Å². The number of hydrogen-bond acceptors (Lipinski definition) is 6. The van der Waals surface area contributed by atoms with Crippen LogP contribution in [0.2, 0.25) is 20.1 Å². The lowest BCUT2D eigenvalue weighted by atomic mass is 10.1. The summed E-state index contributed by atoms with van der Waals surface area (Å²) in [6.07, 6.45) is 0. The topological polar surface area (TPSA) is 114 Å². The van der Waals surface area contributed by atoms with E-state index in [1.807, 2.05) is 0 Å². The number of hydrogen-bond donors (Lipinski definition) is 3. The van der Waals surface area contributed by atoms with E-state index < -0.39 is 28.0 Å². The number of aromatic carboxylic acids is 1. The standard InChI is InChI=1S/C24H18Cl4N2O6S/c1-35-12-6-7-14(15(9-12)36-2)30-16(31)10-37-13-5-3-4-11(8-13)29-23(32)17-18(24(33)34)20(26)22(28)21(27)19(17)25/h3-9H,10H2,1-2H3,(H,29,32)(H,30,31)(H,33,34). The van der Waals surface area contributed by atoms with Gasteiger partial charge in [-0.2, -0.15) is 0 Å². The number of carboxylic acids is 1. The van der Waals surface area contributed by atoms with Gasteiger partial charge in [0.2, 0.25) is 5.91 Å². The van der Waals surface area contributed by atoms with Crippen LogP contribution in [0.1, 0.15) is 20.7 Å². The van der Waals surface area contributed by atoms with Crippen molar-refractivity contribution in [3.8, 4) is 11.5 Å². The van der Waals surface area contributed by atoms with Gasteiger partial charge in [0, 0.05) is 16.6 Å². The van der Waals surface area contributed by atoms with Crippen molar-refractivity contribution in [1.82, 2.24) is 0 Å². The van der Waals surface area contributed by atoms with Crippen molar-refractivity contribution >= 4 is 87.3 Å². The van der Waals surface area contributed by atoms with E-state index >= 15 is 0 Å². The molecule has 0 aromatic heterocycles. The minimum absolute atomic E-state index is 0.0595. The van der Waals surface area contributed by atoms with Crippen molar-refractivity contribution in [2.75, 3.05) is 30.6 Å². The first-order valence-corrected chi connectivity index (χ1v) is 12.7.